The van der Waals surface area contributed by atoms with Crippen LogP contribution in [0.1, 0.15) is 22.8 Å². The summed E-state index contributed by atoms with van der Waals surface area (Å²) < 4.78 is 46.4. The van der Waals surface area contributed by atoms with Gasteiger partial charge in [0.1, 0.15) is 6.17 Å². The van der Waals surface area contributed by atoms with Crippen LogP contribution < -0.4 is 21.3 Å². The molecule has 1 fully saturated rings. The van der Waals surface area contributed by atoms with Gasteiger partial charge in [-0.15, -0.1) is 0 Å². The highest BCUT2D eigenvalue weighted by Crippen LogP contribution is 2.41. The second kappa shape index (κ2) is 8.37. The number of urea groups is 1. The minimum atomic E-state index is -4.93. The number of nitrogens with two attached hydrogens (primary N) is 1. The Morgan fingerprint density at radius 1 is 1.38 bits per heavy atom. The number of alkyl halides is 3. The van der Waals surface area contributed by atoms with Crippen LogP contribution in [0, 0.1) is 0 Å². The van der Waals surface area contributed by atoms with E-state index in [9.17, 15) is 27.6 Å². The van der Waals surface area contributed by atoms with E-state index in [0.717, 1.165) is 34.2 Å². The van der Waals surface area contributed by atoms with Gasteiger partial charge in [0.15, 0.2) is 5.76 Å². The number of para-hydroxylation sites is 1. The van der Waals surface area contributed by atoms with E-state index in [1.165, 1.54) is 7.05 Å². The zero-order valence-corrected chi connectivity index (χ0v) is 16.8. The molecule has 2 atom stereocenters. The zero-order valence-electron chi connectivity index (χ0n) is 16.8. The summed E-state index contributed by atoms with van der Waals surface area (Å²) in [6.45, 7) is 1.70. The lowest BCUT2D eigenvalue weighted by atomic mass is 10.0. The van der Waals surface area contributed by atoms with E-state index in [4.69, 9.17) is 10.8 Å². The van der Waals surface area contributed by atoms with Crippen molar-refractivity contribution in [1.29, 1.82) is 0 Å². The van der Waals surface area contributed by atoms with Gasteiger partial charge in [0.2, 0.25) is 5.96 Å². The number of guanidine groups is 1. The average Bonchev–Trinajstić information content (AvgIpc) is 3.05. The van der Waals surface area contributed by atoms with Gasteiger partial charge in [-0.25, -0.2) is 14.6 Å². The lowest BCUT2D eigenvalue weighted by Gasteiger charge is -2.38. The molecule has 2 aliphatic rings. The van der Waals surface area contributed by atoms with Gasteiger partial charge in [-0.05, 0) is 19.1 Å². The average molecular weight is 456 g/mol. The van der Waals surface area contributed by atoms with Crippen molar-refractivity contribution in [2.75, 3.05) is 18.5 Å². The molecule has 0 aliphatic carbocycles. The molecule has 0 saturated carbocycles. The molecule has 172 valence electrons. The molecule has 0 aromatic heterocycles. The molecule has 14 heteroatoms. The van der Waals surface area contributed by atoms with E-state index in [2.05, 4.69) is 20.4 Å². The van der Waals surface area contributed by atoms with Gasteiger partial charge in [0, 0.05) is 13.1 Å². The number of rotatable bonds is 3. The van der Waals surface area contributed by atoms with Gasteiger partial charge >= 0.3 is 18.4 Å². The molecule has 5 N–H and O–H groups in total. The Balaban J connectivity index is 2.28. The van der Waals surface area contributed by atoms with Crippen LogP contribution in [0.3, 0.4) is 0 Å². The van der Waals surface area contributed by atoms with Crippen LogP contribution in [0.5, 0.6) is 0 Å². The van der Waals surface area contributed by atoms with E-state index < -0.39 is 53.0 Å². The van der Waals surface area contributed by atoms with E-state index >= 15 is 0 Å². The monoisotopic (exact) mass is 456 g/mol. The molecule has 2 heterocycles. The normalized spacial score (nSPS) is 21.0. The quantitative estimate of drug-likeness (QED) is 0.503. The van der Waals surface area contributed by atoms with Crippen LogP contribution in [0.15, 0.2) is 35.2 Å². The van der Waals surface area contributed by atoms with Crippen molar-refractivity contribution in [1.82, 2.24) is 15.5 Å². The van der Waals surface area contributed by atoms with E-state index in [0.29, 0.717) is 0 Å². The Morgan fingerprint density at radius 2 is 2.06 bits per heavy atom. The molecule has 1 aromatic carbocycles. The Kier molecular flexibility index (Phi) is 5.98. The lowest BCUT2D eigenvalue weighted by molar-refractivity contribution is -0.137. The number of ether oxygens (including phenoxy) is 1. The maximum atomic E-state index is 14.0. The van der Waals surface area contributed by atoms with Crippen LogP contribution in [0.2, 0.25) is 0 Å². The topological polar surface area (TPSA) is 150 Å². The number of anilines is 1. The van der Waals surface area contributed by atoms with Gasteiger partial charge in [-0.1, -0.05) is 6.07 Å². The van der Waals surface area contributed by atoms with E-state index in [1.54, 1.807) is 6.92 Å². The molecule has 32 heavy (non-hydrogen) atoms. The summed E-state index contributed by atoms with van der Waals surface area (Å²) in [6.07, 6.45) is -7.46. The number of carbonyl (C=O) groups excluding carboxylic acids is 2. The smallest absolute Gasteiger partial charge is 0.449 e. The Bertz CT molecular complexity index is 1020. The van der Waals surface area contributed by atoms with Gasteiger partial charge in [0.05, 0.1) is 29.6 Å². The van der Waals surface area contributed by atoms with Crippen molar-refractivity contribution in [3.05, 3.63) is 41.3 Å². The maximum absolute atomic E-state index is 14.0. The third-order valence-corrected chi connectivity index (χ3v) is 4.66. The molecule has 2 unspecified atom stereocenters. The third kappa shape index (κ3) is 4.16. The molecule has 0 spiro atoms. The van der Waals surface area contributed by atoms with E-state index in [-0.39, 0.29) is 18.5 Å². The molecule has 1 aromatic rings. The first-order valence-corrected chi connectivity index (χ1v) is 9.19. The SMILES string of the molecule is CNC(=O)c1cccc(C(F)(F)F)c1N1C(N2CC(C)NC2=O)=NC=C(OC(=O)O)C1N. The van der Waals surface area contributed by atoms with Gasteiger partial charge in [-0.3, -0.25) is 14.6 Å². The summed E-state index contributed by atoms with van der Waals surface area (Å²) in [4.78, 5) is 41.7. The number of nitrogens with zero attached hydrogens (tertiary/aromatic N) is 3. The summed E-state index contributed by atoms with van der Waals surface area (Å²) in [6, 6.07) is 1.89. The number of carboxylic acid groups (broad SMARTS) is 1. The molecular weight excluding hydrogens is 437 g/mol. The molecule has 0 bridgehead atoms. The first-order chi connectivity index (χ1) is 15.0. The number of hydrogen-bond acceptors (Lipinski definition) is 7. The van der Waals surface area contributed by atoms with Crippen LogP contribution in [-0.2, 0) is 10.9 Å². The molecule has 11 nitrogen and oxygen atoms in total. The summed E-state index contributed by atoms with van der Waals surface area (Å²) >= 11 is 0. The Hall–Kier alpha value is -3.81. The van der Waals surface area contributed by atoms with Gasteiger partial charge in [0.25, 0.3) is 5.91 Å². The lowest BCUT2D eigenvalue weighted by Crippen LogP contribution is -2.57. The molecule has 2 aliphatic heterocycles. The highest BCUT2D eigenvalue weighted by Gasteiger charge is 2.44. The summed E-state index contributed by atoms with van der Waals surface area (Å²) in [5.41, 5.74) is 3.72. The first kappa shape index (κ1) is 22.9. The van der Waals surface area contributed by atoms with Crippen LogP contribution in [-0.4, -0.2) is 59.9 Å². The summed E-state index contributed by atoms with van der Waals surface area (Å²) in [7, 11) is 1.23. The summed E-state index contributed by atoms with van der Waals surface area (Å²) in [5, 5.41) is 13.8. The number of amides is 3. The molecule has 1 saturated heterocycles. The fourth-order valence-corrected chi connectivity index (χ4v) is 3.35. The Morgan fingerprint density at radius 3 is 2.59 bits per heavy atom. The molecule has 3 amide bonds. The van der Waals surface area contributed by atoms with Gasteiger partial charge in [-0.2, -0.15) is 13.2 Å². The predicted octanol–water partition coefficient (Wildman–Crippen LogP) is 1.48. The second-order valence-electron chi connectivity index (χ2n) is 6.88. The number of hydrogen-bond donors (Lipinski definition) is 4. The first-order valence-electron chi connectivity index (χ1n) is 9.19. The highest BCUT2D eigenvalue weighted by molar-refractivity contribution is 6.11. The van der Waals surface area contributed by atoms with Crippen molar-refractivity contribution in [2.45, 2.75) is 25.3 Å². The fourth-order valence-electron chi connectivity index (χ4n) is 3.35. The zero-order chi connectivity index (χ0) is 23.8. The number of aliphatic imine (C=N–C) groups is 1. The van der Waals surface area contributed by atoms with Crippen molar-refractivity contribution >= 4 is 29.7 Å². The minimum Gasteiger partial charge on any atom is -0.449 e. The maximum Gasteiger partial charge on any atom is 0.511 e. The second-order valence-corrected chi connectivity index (χ2v) is 6.88. The third-order valence-electron chi connectivity index (χ3n) is 4.66. The van der Waals surface area contributed by atoms with Crippen LogP contribution in [0.4, 0.5) is 28.4 Å². The molecule has 0 radical (unpaired) electrons. The number of carbonyl (C=O) groups is 3. The minimum absolute atomic E-state index is 0.0351. The Labute approximate surface area is 179 Å². The van der Waals surface area contributed by atoms with Crippen LogP contribution in [0.25, 0.3) is 0 Å². The highest BCUT2D eigenvalue weighted by atomic mass is 19.4. The van der Waals surface area contributed by atoms with Crippen LogP contribution >= 0.6 is 0 Å². The van der Waals surface area contributed by atoms with Gasteiger partial charge < -0.3 is 26.2 Å². The number of nitrogens with one attached hydrogen (secondary N) is 2. The van der Waals surface area contributed by atoms with Crippen molar-refractivity contribution in [3.63, 3.8) is 0 Å². The predicted molar refractivity (Wildman–Crippen MR) is 105 cm³/mol. The fraction of sp³-hybridized carbons (Fsp3) is 0.333. The van der Waals surface area contributed by atoms with Crippen molar-refractivity contribution in [3.8, 4) is 0 Å². The molecular formula is C18H19F3N6O5. The van der Waals surface area contributed by atoms with Crippen molar-refractivity contribution < 1.29 is 37.4 Å². The standard InChI is InChI=1S/C18H19F3N6O5/c1-8-7-26(16(29)25-8)15-24-6-11(32-17(30)31)13(22)27(15)12-9(14(28)23-2)4-3-5-10(12)18(19,20)21/h3-6,8,13H,7,22H2,1-2H3,(H,23,28)(H,25,29)(H,30,31). The van der Waals surface area contributed by atoms with E-state index in [1.807, 2.05) is 0 Å². The number of halogens is 3. The molecule has 3 rings (SSSR count). The number of benzene rings is 1. The largest absolute Gasteiger partial charge is 0.511 e. The van der Waals surface area contributed by atoms with Crippen molar-refractivity contribution in [2.24, 2.45) is 10.7 Å². The summed E-state index contributed by atoms with van der Waals surface area (Å²) in [5.74, 6) is -1.71.